The molecule has 2 aliphatic heterocycles. The van der Waals surface area contributed by atoms with Gasteiger partial charge in [0.05, 0.1) is 19.0 Å². The largest absolute Gasteiger partial charge is 0.463 e. The van der Waals surface area contributed by atoms with Crippen LogP contribution in [0.25, 0.3) is 11.5 Å². The number of likely N-dealkylation sites (N-methyl/N-ethyl adjacent to an activating group) is 1. The molecule has 150 valence electrons. The van der Waals surface area contributed by atoms with E-state index in [2.05, 4.69) is 28.8 Å². The zero-order chi connectivity index (χ0) is 19.5. The Hall–Kier alpha value is -2.22. The van der Waals surface area contributed by atoms with Crippen LogP contribution >= 0.6 is 0 Å². The Kier molecular flexibility index (Phi) is 5.75. The van der Waals surface area contributed by atoms with E-state index >= 15 is 0 Å². The summed E-state index contributed by atoms with van der Waals surface area (Å²) in [4.78, 5) is 24.1. The van der Waals surface area contributed by atoms with E-state index in [0.29, 0.717) is 17.0 Å². The molecule has 2 atom stereocenters. The lowest BCUT2D eigenvalue weighted by Crippen LogP contribution is -2.56. The molecule has 2 aromatic rings. The van der Waals surface area contributed by atoms with E-state index in [-0.39, 0.29) is 18.1 Å². The van der Waals surface area contributed by atoms with Gasteiger partial charge >= 0.3 is 0 Å². The van der Waals surface area contributed by atoms with Gasteiger partial charge in [-0.25, -0.2) is 0 Å². The number of carbonyl (C=O) groups is 1. The molecule has 0 spiro atoms. The molecule has 7 heteroatoms. The fourth-order valence-corrected chi connectivity index (χ4v) is 4.05. The molecule has 0 N–H and O–H groups in total. The van der Waals surface area contributed by atoms with Gasteiger partial charge in [-0.2, -0.15) is 0 Å². The van der Waals surface area contributed by atoms with E-state index in [9.17, 15) is 4.79 Å². The van der Waals surface area contributed by atoms with Gasteiger partial charge in [0.25, 0.3) is 5.91 Å². The van der Waals surface area contributed by atoms with Crippen molar-refractivity contribution in [3.8, 4) is 11.5 Å². The highest BCUT2D eigenvalue weighted by molar-refractivity contribution is 5.95. The van der Waals surface area contributed by atoms with Crippen LogP contribution in [0, 0.1) is 0 Å². The number of carbonyl (C=O) groups excluding carboxylic acids is 1. The highest BCUT2D eigenvalue weighted by Crippen LogP contribution is 2.21. The van der Waals surface area contributed by atoms with E-state index in [0.717, 1.165) is 45.9 Å². The van der Waals surface area contributed by atoms with Gasteiger partial charge < -0.3 is 19.0 Å². The molecule has 4 rings (SSSR count). The summed E-state index contributed by atoms with van der Waals surface area (Å²) in [5, 5.41) is 0. The Morgan fingerprint density at radius 3 is 2.89 bits per heavy atom. The predicted molar refractivity (Wildman–Crippen MR) is 106 cm³/mol. The predicted octanol–water partition coefficient (Wildman–Crippen LogP) is 1.82. The summed E-state index contributed by atoms with van der Waals surface area (Å²) in [5.74, 6) is 0.723. The van der Waals surface area contributed by atoms with Crippen LogP contribution in [0.2, 0.25) is 0 Å². The molecular weight excluding hydrogens is 356 g/mol. The minimum absolute atomic E-state index is 0.0519. The van der Waals surface area contributed by atoms with Crippen LogP contribution in [-0.4, -0.2) is 90.7 Å². The Bertz CT molecular complexity index is 795. The number of furan rings is 1. The van der Waals surface area contributed by atoms with Crippen molar-refractivity contribution in [2.45, 2.75) is 19.1 Å². The van der Waals surface area contributed by atoms with E-state index < -0.39 is 0 Å². The van der Waals surface area contributed by atoms with Crippen molar-refractivity contribution in [1.29, 1.82) is 0 Å². The minimum atomic E-state index is 0.0519. The Morgan fingerprint density at radius 2 is 2.14 bits per heavy atom. The third kappa shape index (κ3) is 4.27. The van der Waals surface area contributed by atoms with Crippen LogP contribution < -0.4 is 0 Å². The molecule has 0 aromatic carbocycles. The van der Waals surface area contributed by atoms with Gasteiger partial charge in [-0.3, -0.25) is 14.7 Å². The molecule has 2 aliphatic rings. The van der Waals surface area contributed by atoms with Gasteiger partial charge in [0, 0.05) is 57.1 Å². The first-order valence-electron chi connectivity index (χ1n) is 9.93. The topological polar surface area (TPSA) is 62.1 Å². The summed E-state index contributed by atoms with van der Waals surface area (Å²) in [6.45, 7) is 8.28. The lowest BCUT2D eigenvalue weighted by Gasteiger charge is -2.42. The standard InChI is InChI=1S/C21H28N4O3/c1-16-13-24(15-18-14-23(2)9-11-27-18)7-8-25(16)21(26)17-5-6-22-19(12-17)20-4-3-10-28-20/h3-6,10,12,16,18H,7-9,11,13-15H2,1-2H3. The second-order valence-electron chi connectivity index (χ2n) is 7.77. The fraction of sp³-hybridized carbons (Fsp3) is 0.524. The normalized spacial score (nSPS) is 24.4. The summed E-state index contributed by atoms with van der Waals surface area (Å²) in [6.07, 6.45) is 3.54. The molecule has 0 saturated carbocycles. The van der Waals surface area contributed by atoms with Crippen molar-refractivity contribution < 1.29 is 13.9 Å². The van der Waals surface area contributed by atoms with Crippen molar-refractivity contribution in [3.63, 3.8) is 0 Å². The SMILES string of the molecule is CC1CN(CC2CN(C)CCO2)CCN1C(=O)c1ccnc(-c2ccco2)c1. The molecule has 7 nitrogen and oxygen atoms in total. The maximum Gasteiger partial charge on any atom is 0.254 e. The number of nitrogens with zero attached hydrogens (tertiary/aromatic N) is 4. The molecule has 1 amide bonds. The van der Waals surface area contributed by atoms with Gasteiger partial charge in [-0.15, -0.1) is 0 Å². The maximum absolute atomic E-state index is 13.1. The first-order valence-corrected chi connectivity index (χ1v) is 9.93. The highest BCUT2D eigenvalue weighted by Gasteiger charge is 2.30. The average Bonchev–Trinajstić information content (AvgIpc) is 3.23. The van der Waals surface area contributed by atoms with Crippen LogP contribution in [0.5, 0.6) is 0 Å². The summed E-state index contributed by atoms with van der Waals surface area (Å²) in [6, 6.07) is 7.41. The first-order chi connectivity index (χ1) is 13.6. The molecule has 0 bridgehead atoms. The molecule has 28 heavy (non-hydrogen) atoms. The number of aromatic nitrogens is 1. The van der Waals surface area contributed by atoms with Crippen molar-refractivity contribution in [2.24, 2.45) is 0 Å². The van der Waals surface area contributed by atoms with Gasteiger partial charge in [-0.1, -0.05) is 0 Å². The minimum Gasteiger partial charge on any atom is -0.463 e. The number of ether oxygens (including phenoxy) is 1. The highest BCUT2D eigenvalue weighted by atomic mass is 16.5. The third-order valence-corrected chi connectivity index (χ3v) is 5.56. The van der Waals surface area contributed by atoms with Gasteiger partial charge in [0.2, 0.25) is 0 Å². The monoisotopic (exact) mass is 384 g/mol. The molecule has 2 unspecified atom stereocenters. The average molecular weight is 384 g/mol. The molecular formula is C21H28N4O3. The van der Waals surface area contributed by atoms with E-state index in [1.807, 2.05) is 23.1 Å². The molecule has 2 saturated heterocycles. The second-order valence-corrected chi connectivity index (χ2v) is 7.77. The summed E-state index contributed by atoms with van der Waals surface area (Å²) in [7, 11) is 2.14. The van der Waals surface area contributed by atoms with Crippen molar-refractivity contribution in [1.82, 2.24) is 19.7 Å². The number of hydrogen-bond donors (Lipinski definition) is 0. The van der Waals surface area contributed by atoms with E-state index in [4.69, 9.17) is 9.15 Å². The number of piperazine rings is 1. The molecule has 4 heterocycles. The molecule has 0 radical (unpaired) electrons. The Labute approximate surface area is 165 Å². The number of amides is 1. The van der Waals surface area contributed by atoms with Crippen molar-refractivity contribution >= 4 is 5.91 Å². The van der Waals surface area contributed by atoms with Crippen LogP contribution in [-0.2, 0) is 4.74 Å². The van der Waals surface area contributed by atoms with Gasteiger partial charge in [0.15, 0.2) is 5.76 Å². The molecule has 2 fully saturated rings. The number of rotatable bonds is 4. The maximum atomic E-state index is 13.1. The van der Waals surface area contributed by atoms with E-state index in [1.54, 1.807) is 18.5 Å². The van der Waals surface area contributed by atoms with Crippen LogP contribution in [0.3, 0.4) is 0 Å². The lowest BCUT2D eigenvalue weighted by atomic mass is 10.1. The van der Waals surface area contributed by atoms with Gasteiger partial charge in [0.1, 0.15) is 5.69 Å². The second kappa shape index (κ2) is 8.43. The Balaban J connectivity index is 1.38. The molecule has 2 aromatic heterocycles. The zero-order valence-electron chi connectivity index (χ0n) is 16.6. The quantitative estimate of drug-likeness (QED) is 0.801. The third-order valence-electron chi connectivity index (χ3n) is 5.56. The fourth-order valence-electron chi connectivity index (χ4n) is 4.05. The van der Waals surface area contributed by atoms with Crippen LogP contribution in [0.1, 0.15) is 17.3 Å². The first kappa shape index (κ1) is 19.1. The summed E-state index contributed by atoms with van der Waals surface area (Å²) < 4.78 is 11.3. The van der Waals surface area contributed by atoms with Gasteiger partial charge in [-0.05, 0) is 38.2 Å². The number of hydrogen-bond acceptors (Lipinski definition) is 6. The van der Waals surface area contributed by atoms with Crippen molar-refractivity contribution in [3.05, 3.63) is 42.3 Å². The molecule has 0 aliphatic carbocycles. The number of pyridine rings is 1. The van der Waals surface area contributed by atoms with Crippen LogP contribution in [0.4, 0.5) is 0 Å². The zero-order valence-corrected chi connectivity index (χ0v) is 16.6. The summed E-state index contributed by atoms with van der Waals surface area (Å²) in [5.41, 5.74) is 1.33. The van der Waals surface area contributed by atoms with E-state index in [1.165, 1.54) is 0 Å². The smallest absolute Gasteiger partial charge is 0.254 e. The van der Waals surface area contributed by atoms with Crippen LogP contribution in [0.15, 0.2) is 41.1 Å². The number of morpholine rings is 1. The summed E-state index contributed by atoms with van der Waals surface area (Å²) >= 11 is 0. The van der Waals surface area contributed by atoms with Crippen molar-refractivity contribution in [2.75, 3.05) is 52.9 Å². The Morgan fingerprint density at radius 1 is 1.25 bits per heavy atom. The lowest BCUT2D eigenvalue weighted by molar-refractivity contribution is -0.0435.